The summed E-state index contributed by atoms with van der Waals surface area (Å²) in [7, 11) is 1.63. The fourth-order valence-corrected chi connectivity index (χ4v) is 1.41. The van der Waals surface area contributed by atoms with Crippen LogP contribution in [0.4, 0.5) is 0 Å². The number of aromatic nitrogens is 1. The van der Waals surface area contributed by atoms with Gasteiger partial charge in [0.1, 0.15) is 18.6 Å². The zero-order valence-corrected chi connectivity index (χ0v) is 10.1. The van der Waals surface area contributed by atoms with Crippen LogP contribution in [0.25, 0.3) is 0 Å². The molecule has 0 amide bonds. The van der Waals surface area contributed by atoms with E-state index in [1.807, 2.05) is 24.3 Å². The van der Waals surface area contributed by atoms with Crippen LogP contribution in [0, 0.1) is 0 Å². The number of oxazole rings is 1. The molecule has 0 aliphatic heterocycles. The highest BCUT2D eigenvalue weighted by molar-refractivity contribution is 6.16. The molecule has 4 nitrogen and oxygen atoms in total. The van der Waals surface area contributed by atoms with Crippen LogP contribution in [0.3, 0.4) is 0 Å². The van der Waals surface area contributed by atoms with Crippen molar-refractivity contribution in [1.82, 2.24) is 4.98 Å². The van der Waals surface area contributed by atoms with Gasteiger partial charge < -0.3 is 13.9 Å². The molecule has 17 heavy (non-hydrogen) atoms. The molecular weight excluding hydrogens is 242 g/mol. The molecule has 2 aromatic rings. The summed E-state index contributed by atoms with van der Waals surface area (Å²) in [5, 5.41) is 0. The molecule has 1 aromatic carbocycles. The summed E-state index contributed by atoms with van der Waals surface area (Å²) in [5.41, 5.74) is 1.67. The Kier molecular flexibility index (Phi) is 3.88. The number of hydrogen-bond acceptors (Lipinski definition) is 4. The molecule has 0 saturated carbocycles. The number of halogens is 1. The van der Waals surface area contributed by atoms with Gasteiger partial charge in [-0.3, -0.25) is 0 Å². The van der Waals surface area contributed by atoms with E-state index in [9.17, 15) is 0 Å². The minimum Gasteiger partial charge on any atom is -0.497 e. The lowest BCUT2D eigenvalue weighted by Gasteiger charge is -2.03. The predicted molar refractivity (Wildman–Crippen MR) is 63.4 cm³/mol. The van der Waals surface area contributed by atoms with Gasteiger partial charge in [0.2, 0.25) is 0 Å². The molecule has 0 fully saturated rings. The van der Waals surface area contributed by atoms with Crippen LogP contribution >= 0.6 is 11.6 Å². The number of methoxy groups -OCH3 is 1. The van der Waals surface area contributed by atoms with Crippen LogP contribution in [0.1, 0.15) is 11.3 Å². The fraction of sp³-hybridized carbons (Fsp3) is 0.250. The van der Waals surface area contributed by atoms with Crippen molar-refractivity contribution < 1.29 is 13.9 Å². The maximum absolute atomic E-state index is 5.60. The van der Waals surface area contributed by atoms with Crippen LogP contribution in [0.15, 0.2) is 34.9 Å². The highest BCUT2D eigenvalue weighted by Crippen LogP contribution is 2.15. The highest BCUT2D eigenvalue weighted by Gasteiger charge is 2.04. The first-order chi connectivity index (χ1) is 8.31. The molecule has 1 heterocycles. The molecular formula is C12H12ClNO3. The summed E-state index contributed by atoms with van der Waals surface area (Å²) in [6, 6.07) is 7.59. The van der Waals surface area contributed by atoms with Crippen molar-refractivity contribution >= 4 is 11.6 Å². The van der Waals surface area contributed by atoms with Gasteiger partial charge in [-0.15, -0.1) is 11.6 Å². The Morgan fingerprint density at radius 2 is 2.06 bits per heavy atom. The fourth-order valence-electron chi connectivity index (χ4n) is 1.28. The van der Waals surface area contributed by atoms with Crippen LogP contribution in [0.5, 0.6) is 11.8 Å². The van der Waals surface area contributed by atoms with E-state index in [1.165, 1.54) is 6.26 Å². The van der Waals surface area contributed by atoms with Crippen molar-refractivity contribution in [3.63, 3.8) is 0 Å². The monoisotopic (exact) mass is 253 g/mol. The van der Waals surface area contributed by atoms with E-state index in [-0.39, 0.29) is 6.08 Å². The van der Waals surface area contributed by atoms with Crippen molar-refractivity contribution in [1.29, 1.82) is 0 Å². The van der Waals surface area contributed by atoms with Gasteiger partial charge in [0.15, 0.2) is 0 Å². The van der Waals surface area contributed by atoms with E-state index in [0.717, 1.165) is 11.3 Å². The Hall–Kier alpha value is -1.68. The first-order valence-corrected chi connectivity index (χ1v) is 5.61. The van der Waals surface area contributed by atoms with Crippen molar-refractivity contribution in [3.8, 4) is 11.8 Å². The van der Waals surface area contributed by atoms with Gasteiger partial charge in [-0.05, 0) is 17.7 Å². The van der Waals surface area contributed by atoms with Crippen LogP contribution in [-0.2, 0) is 12.5 Å². The first kappa shape index (κ1) is 11.8. The van der Waals surface area contributed by atoms with Gasteiger partial charge in [0.25, 0.3) is 0 Å². The number of nitrogens with zero attached hydrogens (tertiary/aromatic N) is 1. The minimum atomic E-state index is 0.233. The van der Waals surface area contributed by atoms with Gasteiger partial charge in [-0.25, -0.2) is 0 Å². The number of alkyl halides is 1. The lowest BCUT2D eigenvalue weighted by Crippen LogP contribution is -1.95. The van der Waals surface area contributed by atoms with E-state index in [2.05, 4.69) is 4.98 Å². The predicted octanol–water partition coefficient (Wildman–Crippen LogP) is 3.00. The first-order valence-electron chi connectivity index (χ1n) is 5.08. The van der Waals surface area contributed by atoms with Crippen molar-refractivity contribution in [3.05, 3.63) is 41.8 Å². The molecule has 5 heteroatoms. The van der Waals surface area contributed by atoms with E-state index >= 15 is 0 Å². The minimum absolute atomic E-state index is 0.233. The molecule has 0 bridgehead atoms. The van der Waals surface area contributed by atoms with Crippen LogP contribution in [0.2, 0.25) is 0 Å². The van der Waals surface area contributed by atoms with Crippen molar-refractivity contribution in [2.75, 3.05) is 7.11 Å². The smallest absolute Gasteiger partial charge is 0.394 e. The second-order valence-corrected chi connectivity index (χ2v) is 3.64. The SMILES string of the molecule is COc1ccc(COc2nc(CCl)co2)cc1. The van der Waals surface area contributed by atoms with Crippen LogP contribution < -0.4 is 9.47 Å². The van der Waals surface area contributed by atoms with Gasteiger partial charge in [0.05, 0.1) is 18.7 Å². The number of benzene rings is 1. The van der Waals surface area contributed by atoms with Gasteiger partial charge in [0, 0.05) is 0 Å². The quantitative estimate of drug-likeness (QED) is 0.769. The highest BCUT2D eigenvalue weighted by atomic mass is 35.5. The summed E-state index contributed by atoms with van der Waals surface area (Å²) in [6.07, 6.45) is 1.72. The van der Waals surface area contributed by atoms with Crippen LogP contribution in [-0.4, -0.2) is 12.1 Å². The summed E-state index contributed by atoms with van der Waals surface area (Å²) < 4.78 is 15.5. The third-order valence-electron chi connectivity index (χ3n) is 2.19. The molecule has 0 unspecified atom stereocenters. The standard InChI is InChI=1S/C12H12ClNO3/c1-15-11-4-2-9(3-5-11)7-16-12-14-10(6-13)8-17-12/h2-5,8H,6-7H2,1H3. The second-order valence-electron chi connectivity index (χ2n) is 3.38. The van der Waals surface area contributed by atoms with Crippen molar-refractivity contribution in [2.24, 2.45) is 0 Å². The average molecular weight is 254 g/mol. The van der Waals surface area contributed by atoms with Gasteiger partial charge in [-0.2, -0.15) is 4.98 Å². The molecule has 0 atom stereocenters. The molecule has 0 aliphatic carbocycles. The number of rotatable bonds is 5. The average Bonchev–Trinajstić information content (AvgIpc) is 2.85. The Labute approximate surface area is 104 Å². The largest absolute Gasteiger partial charge is 0.497 e. The zero-order valence-electron chi connectivity index (χ0n) is 9.35. The normalized spacial score (nSPS) is 10.2. The lowest BCUT2D eigenvalue weighted by atomic mass is 10.2. The Morgan fingerprint density at radius 1 is 1.29 bits per heavy atom. The molecule has 0 radical (unpaired) electrons. The number of hydrogen-bond donors (Lipinski definition) is 0. The lowest BCUT2D eigenvalue weighted by molar-refractivity contribution is 0.220. The molecule has 0 N–H and O–H groups in total. The zero-order chi connectivity index (χ0) is 12.1. The second kappa shape index (κ2) is 5.59. The third kappa shape index (κ3) is 3.14. The summed E-state index contributed by atoms with van der Waals surface area (Å²) in [6.45, 7) is 0.395. The Morgan fingerprint density at radius 3 is 2.65 bits per heavy atom. The molecule has 1 aromatic heterocycles. The Balaban J connectivity index is 1.92. The van der Waals surface area contributed by atoms with Gasteiger partial charge >= 0.3 is 6.08 Å². The van der Waals surface area contributed by atoms with E-state index in [1.54, 1.807) is 7.11 Å². The number of ether oxygens (including phenoxy) is 2. The van der Waals surface area contributed by atoms with Crippen molar-refractivity contribution in [2.45, 2.75) is 12.5 Å². The van der Waals surface area contributed by atoms with Gasteiger partial charge in [-0.1, -0.05) is 12.1 Å². The third-order valence-corrected chi connectivity index (χ3v) is 2.46. The summed E-state index contributed by atoms with van der Waals surface area (Å²) in [5.74, 6) is 1.13. The molecule has 90 valence electrons. The maximum atomic E-state index is 5.60. The summed E-state index contributed by atoms with van der Waals surface area (Å²) in [4.78, 5) is 4.03. The topological polar surface area (TPSA) is 44.5 Å². The summed E-state index contributed by atoms with van der Waals surface area (Å²) >= 11 is 5.60. The molecule has 0 spiro atoms. The van der Waals surface area contributed by atoms with E-state index in [4.69, 9.17) is 25.5 Å². The Bertz CT molecular complexity index is 467. The van der Waals surface area contributed by atoms with E-state index in [0.29, 0.717) is 18.2 Å². The van der Waals surface area contributed by atoms with E-state index < -0.39 is 0 Å². The maximum Gasteiger partial charge on any atom is 0.394 e. The molecule has 0 saturated heterocycles. The molecule has 0 aliphatic rings. The molecule has 2 rings (SSSR count).